The molecule has 0 spiro atoms. The van der Waals surface area contributed by atoms with Gasteiger partial charge in [0.1, 0.15) is 11.1 Å². The third kappa shape index (κ3) is 2.45. The molecule has 23 heavy (non-hydrogen) atoms. The monoisotopic (exact) mass is 333 g/mol. The van der Waals surface area contributed by atoms with Crippen LogP contribution < -0.4 is 0 Å². The van der Waals surface area contributed by atoms with E-state index in [9.17, 15) is 13.2 Å². The molecule has 0 aliphatic carbocycles. The molecule has 0 amide bonds. The molecule has 0 aliphatic rings. The number of benzene rings is 2. The van der Waals surface area contributed by atoms with E-state index in [0.717, 1.165) is 12.1 Å². The molecule has 0 atom stereocenters. The van der Waals surface area contributed by atoms with Crippen molar-refractivity contribution in [3.8, 4) is 23.0 Å². The summed E-state index contributed by atoms with van der Waals surface area (Å²) in [6.45, 7) is 0. The van der Waals surface area contributed by atoms with Crippen molar-refractivity contribution < 1.29 is 13.2 Å². The van der Waals surface area contributed by atoms with Crippen LogP contribution in [0.5, 0.6) is 0 Å². The maximum Gasteiger partial charge on any atom is 0.195 e. The second kappa shape index (κ2) is 5.78. The standard InChI is InChI=1S/C16H7ClF3N3/c17-13-12(8-21)22-23(9-4-2-1-3-5-9)16(13)10-6-7-11(18)15(20)14(10)19/h1-7H. The van der Waals surface area contributed by atoms with Crippen LogP contribution in [-0.4, -0.2) is 9.78 Å². The fraction of sp³-hybridized carbons (Fsp3) is 0. The molecule has 0 radical (unpaired) electrons. The molecule has 114 valence electrons. The molecule has 3 nitrogen and oxygen atoms in total. The molecule has 7 heteroatoms. The molecule has 0 fully saturated rings. The number of hydrogen-bond donors (Lipinski definition) is 0. The molecule has 1 aromatic heterocycles. The fourth-order valence-electron chi connectivity index (χ4n) is 2.17. The SMILES string of the molecule is N#Cc1nn(-c2ccccc2)c(-c2ccc(F)c(F)c2F)c1Cl. The second-order valence-corrected chi connectivity index (χ2v) is 4.97. The molecular weight excluding hydrogens is 327 g/mol. The van der Waals surface area contributed by atoms with Crippen LogP contribution in [0.2, 0.25) is 5.02 Å². The number of rotatable bonds is 2. The van der Waals surface area contributed by atoms with Gasteiger partial charge in [-0.25, -0.2) is 17.9 Å². The highest BCUT2D eigenvalue weighted by atomic mass is 35.5. The summed E-state index contributed by atoms with van der Waals surface area (Å²) in [4.78, 5) is 0. The Morgan fingerprint density at radius 1 is 1.00 bits per heavy atom. The summed E-state index contributed by atoms with van der Waals surface area (Å²) < 4.78 is 42.0. The van der Waals surface area contributed by atoms with Crippen LogP contribution in [0.1, 0.15) is 5.69 Å². The van der Waals surface area contributed by atoms with Crippen LogP contribution in [0.3, 0.4) is 0 Å². The van der Waals surface area contributed by atoms with E-state index in [-0.39, 0.29) is 22.0 Å². The quantitative estimate of drug-likeness (QED) is 0.649. The Kier molecular flexibility index (Phi) is 3.80. The van der Waals surface area contributed by atoms with E-state index in [0.29, 0.717) is 5.69 Å². The summed E-state index contributed by atoms with van der Waals surface area (Å²) in [6, 6.07) is 12.1. The van der Waals surface area contributed by atoms with E-state index in [2.05, 4.69) is 5.10 Å². The van der Waals surface area contributed by atoms with E-state index < -0.39 is 17.5 Å². The van der Waals surface area contributed by atoms with Gasteiger partial charge in [-0.3, -0.25) is 0 Å². The predicted molar refractivity (Wildman–Crippen MR) is 78.6 cm³/mol. The summed E-state index contributed by atoms with van der Waals surface area (Å²) >= 11 is 6.09. The number of nitrogens with zero attached hydrogens (tertiary/aromatic N) is 3. The van der Waals surface area contributed by atoms with Gasteiger partial charge in [0.25, 0.3) is 0 Å². The number of aromatic nitrogens is 2. The van der Waals surface area contributed by atoms with Gasteiger partial charge in [-0.1, -0.05) is 29.8 Å². The molecule has 2 aromatic carbocycles. The Balaban J connectivity index is 2.34. The summed E-state index contributed by atoms with van der Waals surface area (Å²) in [7, 11) is 0. The van der Waals surface area contributed by atoms with Crippen molar-refractivity contribution in [3.63, 3.8) is 0 Å². The third-order valence-corrected chi connectivity index (χ3v) is 3.58. The zero-order valence-electron chi connectivity index (χ0n) is 11.4. The van der Waals surface area contributed by atoms with E-state index in [1.807, 2.05) is 0 Å². The van der Waals surface area contributed by atoms with Gasteiger partial charge in [-0.05, 0) is 24.3 Å². The molecule has 3 aromatic rings. The molecule has 3 rings (SSSR count). The minimum atomic E-state index is -1.61. The molecule has 0 N–H and O–H groups in total. The Bertz CT molecular complexity index is 930. The second-order valence-electron chi connectivity index (χ2n) is 4.59. The predicted octanol–water partition coefficient (Wildman–Crippen LogP) is 4.48. The molecule has 0 aliphatic heterocycles. The largest absolute Gasteiger partial charge is 0.230 e. The van der Waals surface area contributed by atoms with Crippen LogP contribution in [0.15, 0.2) is 42.5 Å². The summed E-state index contributed by atoms with van der Waals surface area (Å²) in [6.07, 6.45) is 0. The Hall–Kier alpha value is -2.78. The Morgan fingerprint density at radius 3 is 2.35 bits per heavy atom. The molecule has 0 bridgehead atoms. The first kappa shape index (κ1) is 15.1. The first-order valence-electron chi connectivity index (χ1n) is 6.42. The van der Waals surface area contributed by atoms with Crippen molar-refractivity contribution in [1.29, 1.82) is 5.26 Å². The summed E-state index contributed by atoms with van der Waals surface area (Å²) in [5.74, 6) is -4.32. The average Bonchev–Trinajstić information content (AvgIpc) is 2.90. The normalized spacial score (nSPS) is 10.6. The first-order chi connectivity index (χ1) is 11.0. The number of halogens is 4. The lowest BCUT2D eigenvalue weighted by atomic mass is 10.1. The van der Waals surface area contributed by atoms with Gasteiger partial charge >= 0.3 is 0 Å². The Morgan fingerprint density at radius 2 is 1.70 bits per heavy atom. The smallest absolute Gasteiger partial charge is 0.195 e. The maximum atomic E-state index is 14.1. The Labute approximate surface area is 134 Å². The van der Waals surface area contributed by atoms with Gasteiger partial charge < -0.3 is 0 Å². The first-order valence-corrected chi connectivity index (χ1v) is 6.80. The zero-order valence-corrected chi connectivity index (χ0v) is 12.2. The minimum Gasteiger partial charge on any atom is -0.230 e. The fourth-order valence-corrected chi connectivity index (χ4v) is 2.43. The van der Waals surface area contributed by atoms with Crippen LogP contribution in [0, 0.1) is 28.8 Å². The minimum absolute atomic E-state index is 0.0224. The molecular formula is C16H7ClF3N3. The van der Waals surface area contributed by atoms with Gasteiger partial charge in [-0.15, -0.1) is 0 Å². The van der Waals surface area contributed by atoms with Gasteiger partial charge in [0.05, 0.1) is 11.4 Å². The van der Waals surface area contributed by atoms with Crippen LogP contribution >= 0.6 is 11.6 Å². The van der Waals surface area contributed by atoms with Crippen LogP contribution in [-0.2, 0) is 0 Å². The number of para-hydroxylation sites is 1. The van der Waals surface area contributed by atoms with Crippen molar-refractivity contribution in [1.82, 2.24) is 9.78 Å². The van der Waals surface area contributed by atoms with Gasteiger partial charge in [-0.2, -0.15) is 10.4 Å². The lowest BCUT2D eigenvalue weighted by Gasteiger charge is -2.09. The maximum absolute atomic E-state index is 14.1. The van der Waals surface area contributed by atoms with Crippen molar-refractivity contribution in [2.75, 3.05) is 0 Å². The van der Waals surface area contributed by atoms with E-state index >= 15 is 0 Å². The van der Waals surface area contributed by atoms with Gasteiger partial charge in [0, 0.05) is 5.56 Å². The third-order valence-electron chi connectivity index (χ3n) is 3.22. The lowest BCUT2D eigenvalue weighted by Crippen LogP contribution is -2.02. The van der Waals surface area contributed by atoms with Crippen molar-refractivity contribution in [2.24, 2.45) is 0 Å². The highest BCUT2D eigenvalue weighted by Gasteiger charge is 2.24. The highest BCUT2D eigenvalue weighted by molar-refractivity contribution is 6.34. The highest BCUT2D eigenvalue weighted by Crippen LogP contribution is 2.35. The van der Waals surface area contributed by atoms with Crippen molar-refractivity contribution in [2.45, 2.75) is 0 Å². The van der Waals surface area contributed by atoms with Crippen LogP contribution in [0.4, 0.5) is 13.2 Å². The molecule has 0 unspecified atom stereocenters. The lowest BCUT2D eigenvalue weighted by molar-refractivity contribution is 0.448. The zero-order chi connectivity index (χ0) is 16.6. The molecule has 1 heterocycles. The summed E-state index contributed by atoms with van der Waals surface area (Å²) in [5.41, 5.74) is 0.0438. The average molecular weight is 334 g/mol. The molecule has 0 saturated carbocycles. The van der Waals surface area contributed by atoms with E-state index in [1.54, 1.807) is 36.4 Å². The topological polar surface area (TPSA) is 41.6 Å². The van der Waals surface area contributed by atoms with E-state index in [4.69, 9.17) is 16.9 Å². The van der Waals surface area contributed by atoms with E-state index in [1.165, 1.54) is 4.68 Å². The number of nitriles is 1. The molecule has 0 saturated heterocycles. The summed E-state index contributed by atoms with van der Waals surface area (Å²) in [5, 5.41) is 13.0. The number of hydrogen-bond acceptors (Lipinski definition) is 2. The van der Waals surface area contributed by atoms with Crippen molar-refractivity contribution in [3.05, 3.63) is 70.6 Å². The van der Waals surface area contributed by atoms with Gasteiger partial charge in [0.2, 0.25) is 0 Å². The van der Waals surface area contributed by atoms with Crippen molar-refractivity contribution >= 4 is 11.6 Å². The van der Waals surface area contributed by atoms with Gasteiger partial charge in [0.15, 0.2) is 23.1 Å². The van der Waals surface area contributed by atoms with Crippen LogP contribution in [0.25, 0.3) is 16.9 Å².